The van der Waals surface area contributed by atoms with Crippen LogP contribution in [-0.2, 0) is 9.59 Å². The fraction of sp³-hybridized carbons (Fsp3) is 0.407. The molecule has 0 radical (unpaired) electrons. The van der Waals surface area contributed by atoms with E-state index in [0.717, 1.165) is 32.0 Å². The van der Waals surface area contributed by atoms with Crippen LogP contribution in [-0.4, -0.2) is 73.6 Å². The van der Waals surface area contributed by atoms with E-state index in [9.17, 15) is 19.1 Å². The van der Waals surface area contributed by atoms with Crippen LogP contribution in [0.2, 0.25) is 0 Å². The number of ketones is 1. The summed E-state index contributed by atoms with van der Waals surface area (Å²) in [6.45, 7) is 5.09. The van der Waals surface area contributed by atoms with Crippen molar-refractivity contribution in [2.45, 2.75) is 25.8 Å². The Balaban J connectivity index is 1.80. The standard InChI is InChI=1S/C27H31FN2O6/c1-4-36-21-10-7-17(16-22(21)35-3)24-23(25(31)18-8-9-20(34-2)19(28)15-18)26(32)27(33)30(24)14-13-29-11-5-6-12-29/h7-10,15-16,24,31H,4-6,11-14H2,1-3H3/b25-23+. The minimum Gasteiger partial charge on any atom is -0.507 e. The first-order chi connectivity index (χ1) is 17.4. The van der Waals surface area contributed by atoms with Crippen LogP contribution >= 0.6 is 0 Å². The molecule has 1 unspecified atom stereocenters. The number of aliphatic hydroxyl groups excluding tert-OH is 1. The lowest BCUT2D eigenvalue weighted by molar-refractivity contribution is -0.140. The Labute approximate surface area is 209 Å². The number of carbonyl (C=O) groups excluding carboxylic acids is 2. The van der Waals surface area contributed by atoms with E-state index in [1.165, 1.54) is 31.3 Å². The van der Waals surface area contributed by atoms with Crippen LogP contribution < -0.4 is 14.2 Å². The molecule has 0 aliphatic carbocycles. The van der Waals surface area contributed by atoms with Crippen LogP contribution in [0.1, 0.15) is 36.9 Å². The molecule has 0 bridgehead atoms. The molecule has 2 aliphatic heterocycles. The molecule has 0 aromatic heterocycles. The highest BCUT2D eigenvalue weighted by atomic mass is 19.1. The number of hydrogen-bond donors (Lipinski definition) is 1. The Hall–Kier alpha value is -3.59. The first-order valence-electron chi connectivity index (χ1n) is 12.0. The molecule has 1 atom stereocenters. The number of nitrogens with zero attached hydrogens (tertiary/aromatic N) is 2. The summed E-state index contributed by atoms with van der Waals surface area (Å²) in [6, 6.07) is 8.18. The number of hydrogen-bond acceptors (Lipinski definition) is 7. The van der Waals surface area contributed by atoms with E-state index < -0.39 is 29.3 Å². The normalized spacial score (nSPS) is 19.7. The topological polar surface area (TPSA) is 88.5 Å². The van der Waals surface area contributed by atoms with Crippen LogP contribution in [0.3, 0.4) is 0 Å². The number of amides is 1. The molecule has 0 saturated carbocycles. The summed E-state index contributed by atoms with van der Waals surface area (Å²) in [5.41, 5.74) is 0.553. The predicted octanol–water partition coefficient (Wildman–Crippen LogP) is 3.76. The highest BCUT2D eigenvalue weighted by Gasteiger charge is 2.46. The van der Waals surface area contributed by atoms with Crippen LogP contribution in [0.15, 0.2) is 42.0 Å². The van der Waals surface area contributed by atoms with Gasteiger partial charge in [-0.25, -0.2) is 4.39 Å². The number of halogens is 1. The first kappa shape index (κ1) is 25.5. The number of likely N-dealkylation sites (tertiary alicyclic amines) is 2. The Bertz CT molecular complexity index is 1170. The predicted molar refractivity (Wildman–Crippen MR) is 132 cm³/mol. The minimum atomic E-state index is -0.873. The zero-order valence-electron chi connectivity index (χ0n) is 20.8. The Morgan fingerprint density at radius 3 is 2.33 bits per heavy atom. The van der Waals surface area contributed by atoms with Gasteiger partial charge in [0.05, 0.1) is 32.4 Å². The summed E-state index contributed by atoms with van der Waals surface area (Å²) < 4.78 is 30.5. The summed E-state index contributed by atoms with van der Waals surface area (Å²) in [5.74, 6) is -1.69. The van der Waals surface area contributed by atoms with Crippen molar-refractivity contribution in [2.24, 2.45) is 0 Å². The summed E-state index contributed by atoms with van der Waals surface area (Å²) in [4.78, 5) is 30.2. The smallest absolute Gasteiger partial charge is 0.295 e. The SMILES string of the molecule is CCOc1ccc(C2/C(=C(\O)c3ccc(OC)c(F)c3)C(=O)C(=O)N2CCN2CCCC2)cc1OC. The van der Waals surface area contributed by atoms with Gasteiger partial charge in [0.25, 0.3) is 11.7 Å². The molecule has 0 spiro atoms. The number of rotatable bonds is 9. The van der Waals surface area contributed by atoms with Gasteiger partial charge in [0, 0.05) is 18.7 Å². The fourth-order valence-corrected chi connectivity index (χ4v) is 4.81. The Kier molecular flexibility index (Phi) is 7.79. The number of benzene rings is 2. The molecule has 36 heavy (non-hydrogen) atoms. The highest BCUT2D eigenvalue weighted by Crippen LogP contribution is 2.42. The van der Waals surface area contributed by atoms with Crippen molar-refractivity contribution in [1.82, 2.24) is 9.80 Å². The van der Waals surface area contributed by atoms with Gasteiger partial charge in [0.15, 0.2) is 23.1 Å². The molecule has 2 aliphatic rings. The van der Waals surface area contributed by atoms with Crippen LogP contribution in [0, 0.1) is 5.82 Å². The summed E-state index contributed by atoms with van der Waals surface area (Å²) in [7, 11) is 2.84. The van der Waals surface area contributed by atoms with E-state index in [1.807, 2.05) is 6.92 Å². The van der Waals surface area contributed by atoms with Crippen LogP contribution in [0.5, 0.6) is 17.2 Å². The van der Waals surface area contributed by atoms with Crippen molar-refractivity contribution in [3.05, 3.63) is 58.9 Å². The van der Waals surface area contributed by atoms with Gasteiger partial charge in [-0.15, -0.1) is 0 Å². The number of ether oxygens (including phenoxy) is 3. The number of Topliss-reactive ketones (excluding diaryl/α,β-unsaturated/α-hetero) is 1. The van der Waals surface area contributed by atoms with Gasteiger partial charge in [0.1, 0.15) is 5.76 Å². The number of methoxy groups -OCH3 is 2. The van der Waals surface area contributed by atoms with Crippen molar-refractivity contribution in [2.75, 3.05) is 47.0 Å². The van der Waals surface area contributed by atoms with Crippen molar-refractivity contribution >= 4 is 17.4 Å². The first-order valence-corrected chi connectivity index (χ1v) is 12.0. The Morgan fingerprint density at radius 2 is 1.69 bits per heavy atom. The lowest BCUT2D eigenvalue weighted by Gasteiger charge is -2.28. The van der Waals surface area contributed by atoms with E-state index in [4.69, 9.17) is 14.2 Å². The maximum Gasteiger partial charge on any atom is 0.295 e. The van der Waals surface area contributed by atoms with Gasteiger partial charge in [-0.2, -0.15) is 0 Å². The third-order valence-corrected chi connectivity index (χ3v) is 6.62. The molecule has 8 nitrogen and oxygen atoms in total. The molecule has 9 heteroatoms. The third kappa shape index (κ3) is 4.88. The Morgan fingerprint density at radius 1 is 1.00 bits per heavy atom. The van der Waals surface area contributed by atoms with Crippen molar-refractivity contribution in [1.29, 1.82) is 0 Å². The molecule has 2 saturated heterocycles. The van der Waals surface area contributed by atoms with Crippen molar-refractivity contribution < 1.29 is 33.3 Å². The molecule has 2 aromatic rings. The molecule has 2 fully saturated rings. The van der Waals surface area contributed by atoms with Crippen molar-refractivity contribution in [3.63, 3.8) is 0 Å². The van der Waals surface area contributed by atoms with E-state index in [0.29, 0.717) is 36.8 Å². The summed E-state index contributed by atoms with van der Waals surface area (Å²) in [5, 5.41) is 11.2. The molecular formula is C27H31FN2O6. The molecule has 1 N–H and O–H groups in total. The fourth-order valence-electron chi connectivity index (χ4n) is 4.81. The molecule has 2 aromatic carbocycles. The van der Waals surface area contributed by atoms with Crippen LogP contribution in [0.4, 0.5) is 4.39 Å². The second-order valence-corrected chi connectivity index (χ2v) is 8.73. The summed E-state index contributed by atoms with van der Waals surface area (Å²) >= 11 is 0. The molecule has 4 rings (SSSR count). The average Bonchev–Trinajstić information content (AvgIpc) is 3.49. The second kappa shape index (κ2) is 11.0. The van der Waals surface area contributed by atoms with Gasteiger partial charge >= 0.3 is 0 Å². The lowest BCUT2D eigenvalue weighted by Crippen LogP contribution is -2.37. The quantitative estimate of drug-likeness (QED) is 0.320. The van der Waals surface area contributed by atoms with E-state index in [1.54, 1.807) is 18.2 Å². The molecule has 192 valence electrons. The van der Waals surface area contributed by atoms with Gasteiger partial charge in [0.2, 0.25) is 0 Å². The van der Waals surface area contributed by atoms with Gasteiger partial charge in [-0.3, -0.25) is 9.59 Å². The second-order valence-electron chi connectivity index (χ2n) is 8.73. The minimum absolute atomic E-state index is 0.00501. The summed E-state index contributed by atoms with van der Waals surface area (Å²) in [6.07, 6.45) is 2.20. The molecule has 1 amide bonds. The van der Waals surface area contributed by atoms with Crippen molar-refractivity contribution in [3.8, 4) is 17.2 Å². The lowest BCUT2D eigenvalue weighted by atomic mass is 9.95. The number of carbonyl (C=O) groups is 2. The van der Waals surface area contributed by atoms with Gasteiger partial charge in [-0.05, 0) is 68.8 Å². The maximum absolute atomic E-state index is 14.4. The van der Waals surface area contributed by atoms with Gasteiger partial charge in [-0.1, -0.05) is 6.07 Å². The zero-order valence-corrected chi connectivity index (χ0v) is 20.8. The largest absolute Gasteiger partial charge is 0.507 e. The molecular weight excluding hydrogens is 467 g/mol. The average molecular weight is 499 g/mol. The zero-order chi connectivity index (χ0) is 25.8. The molecule has 2 heterocycles. The highest BCUT2D eigenvalue weighted by molar-refractivity contribution is 6.46. The van der Waals surface area contributed by atoms with E-state index in [-0.39, 0.29) is 16.9 Å². The van der Waals surface area contributed by atoms with Crippen LogP contribution in [0.25, 0.3) is 5.76 Å². The number of aliphatic hydroxyl groups is 1. The maximum atomic E-state index is 14.4. The monoisotopic (exact) mass is 498 g/mol. The van der Waals surface area contributed by atoms with Gasteiger partial charge < -0.3 is 29.1 Å². The van der Waals surface area contributed by atoms with E-state index >= 15 is 0 Å². The van der Waals surface area contributed by atoms with E-state index in [2.05, 4.69) is 4.90 Å². The third-order valence-electron chi connectivity index (χ3n) is 6.62.